The molecule has 0 heterocycles. The Morgan fingerprint density at radius 2 is 1.50 bits per heavy atom. The van der Waals surface area contributed by atoms with Crippen molar-refractivity contribution < 1.29 is 32.4 Å². The summed E-state index contributed by atoms with van der Waals surface area (Å²) in [5.74, 6) is -2.35. The average molecular weight is 430 g/mol. The number of halogens is 1. The van der Waals surface area contributed by atoms with Crippen molar-refractivity contribution in [2.24, 2.45) is 0 Å². The summed E-state index contributed by atoms with van der Waals surface area (Å²) < 4.78 is 32.1. The van der Waals surface area contributed by atoms with Crippen LogP contribution in [0.5, 0.6) is 0 Å². The molecule has 0 saturated carbocycles. The van der Waals surface area contributed by atoms with Crippen LogP contribution in [0.25, 0.3) is 0 Å². The topological polar surface area (TPSA) is 201 Å². The van der Waals surface area contributed by atoms with Crippen LogP contribution >= 0.6 is 12.4 Å². The molecule has 3 rings (SSSR count). The number of carbonyl (C=O) groups excluding carboxylic acids is 2. The number of hydrogen-bond donors (Lipinski definition) is 2. The van der Waals surface area contributed by atoms with E-state index in [9.17, 15) is 42.8 Å². The first-order valence-electron chi connectivity index (χ1n) is 6.92. The lowest BCUT2D eigenvalue weighted by atomic mass is 9.81. The van der Waals surface area contributed by atoms with Gasteiger partial charge in [0.25, 0.3) is 21.5 Å². The van der Waals surface area contributed by atoms with Crippen LogP contribution in [-0.4, -0.2) is 34.4 Å². The Labute approximate surface area is 161 Å². The standard InChI is InChI=1S/C14H7N3O9S.ClH/c15-12-8(27(24,25)26)4-7(17(22)23)10-11(12)13(18)5-2-1-3-6(16(20)21)9(5)14(10)19;/h1-4H,15H2,(H,24,25,26);1H. The van der Waals surface area contributed by atoms with Crippen LogP contribution in [0.3, 0.4) is 0 Å². The summed E-state index contributed by atoms with van der Waals surface area (Å²) in [6.07, 6.45) is 0. The lowest BCUT2D eigenvalue weighted by molar-refractivity contribution is -0.385. The monoisotopic (exact) mass is 429 g/mol. The molecule has 2 aromatic carbocycles. The molecule has 0 bridgehead atoms. The van der Waals surface area contributed by atoms with Gasteiger partial charge in [-0.25, -0.2) is 0 Å². The van der Waals surface area contributed by atoms with Gasteiger partial charge in [-0.2, -0.15) is 8.42 Å². The first-order valence-corrected chi connectivity index (χ1v) is 8.36. The molecule has 0 spiro atoms. The quantitative estimate of drug-likeness (QED) is 0.266. The highest BCUT2D eigenvalue weighted by atomic mass is 35.5. The van der Waals surface area contributed by atoms with Crippen molar-refractivity contribution in [2.75, 3.05) is 5.73 Å². The van der Waals surface area contributed by atoms with Gasteiger partial charge in [0.15, 0.2) is 5.78 Å². The number of hydrogen-bond acceptors (Lipinski definition) is 9. The van der Waals surface area contributed by atoms with Crippen LogP contribution in [0.1, 0.15) is 31.8 Å². The van der Waals surface area contributed by atoms with E-state index in [1.54, 1.807) is 0 Å². The van der Waals surface area contributed by atoms with Crippen LogP contribution in [0.15, 0.2) is 29.2 Å². The van der Waals surface area contributed by atoms with Gasteiger partial charge in [-0.15, -0.1) is 12.4 Å². The zero-order valence-electron chi connectivity index (χ0n) is 13.3. The second-order valence-electron chi connectivity index (χ2n) is 5.40. The fourth-order valence-corrected chi connectivity index (χ4v) is 3.50. The van der Waals surface area contributed by atoms with Crippen molar-refractivity contribution >= 4 is 51.2 Å². The maximum absolute atomic E-state index is 12.8. The third-order valence-electron chi connectivity index (χ3n) is 3.95. The molecule has 12 nitrogen and oxygen atoms in total. The molecule has 1 aliphatic carbocycles. The van der Waals surface area contributed by atoms with Crippen LogP contribution in [0.2, 0.25) is 0 Å². The number of nitrogens with two attached hydrogens (primary N) is 1. The minimum absolute atomic E-state index is 0. The maximum Gasteiger partial charge on any atom is 0.296 e. The molecular formula is C14H8ClN3O9S. The number of rotatable bonds is 3. The number of carbonyl (C=O) groups is 2. The zero-order chi connectivity index (χ0) is 20.3. The summed E-state index contributed by atoms with van der Waals surface area (Å²) in [6, 6.07) is 3.45. The van der Waals surface area contributed by atoms with Gasteiger partial charge >= 0.3 is 0 Å². The van der Waals surface area contributed by atoms with Crippen molar-refractivity contribution in [1.82, 2.24) is 0 Å². The predicted molar refractivity (Wildman–Crippen MR) is 94.5 cm³/mol. The Morgan fingerprint density at radius 1 is 0.929 bits per heavy atom. The van der Waals surface area contributed by atoms with E-state index in [4.69, 9.17) is 5.73 Å². The number of nitro benzene ring substituents is 2. The number of benzene rings is 2. The third kappa shape index (κ3) is 2.87. The lowest BCUT2D eigenvalue weighted by Gasteiger charge is -2.19. The molecule has 0 unspecified atom stereocenters. The molecule has 3 N–H and O–H groups in total. The molecule has 2 aromatic rings. The molecule has 146 valence electrons. The molecule has 28 heavy (non-hydrogen) atoms. The van der Waals surface area contributed by atoms with Crippen molar-refractivity contribution in [3.63, 3.8) is 0 Å². The van der Waals surface area contributed by atoms with Gasteiger partial charge < -0.3 is 5.73 Å². The summed E-state index contributed by atoms with van der Waals surface area (Å²) in [4.78, 5) is 44.8. The summed E-state index contributed by atoms with van der Waals surface area (Å²) in [7, 11) is -5.06. The van der Waals surface area contributed by atoms with Crippen molar-refractivity contribution in [3.8, 4) is 0 Å². The Kier molecular flexibility index (Phi) is 4.95. The molecule has 0 radical (unpaired) electrons. The minimum atomic E-state index is -5.06. The zero-order valence-corrected chi connectivity index (χ0v) is 14.9. The molecule has 1 aliphatic rings. The minimum Gasteiger partial charge on any atom is -0.397 e. The first kappa shape index (κ1) is 20.9. The van der Waals surface area contributed by atoms with Crippen LogP contribution in [-0.2, 0) is 10.1 Å². The molecule has 0 fully saturated rings. The van der Waals surface area contributed by atoms with E-state index in [2.05, 4.69) is 0 Å². The highest BCUT2D eigenvalue weighted by Crippen LogP contribution is 2.41. The SMILES string of the molecule is Cl.Nc1c(S(=O)(=O)O)cc([N+](=O)[O-])c2c1C(=O)c1cccc([N+](=O)[O-])c1C2=O. The predicted octanol–water partition coefficient (Wildman–Crippen LogP) is 1.53. The number of fused-ring (bicyclic) bond motifs is 2. The van der Waals surface area contributed by atoms with E-state index >= 15 is 0 Å². The molecular weight excluding hydrogens is 422 g/mol. The first-order chi connectivity index (χ1) is 12.5. The molecule has 0 aliphatic heterocycles. The largest absolute Gasteiger partial charge is 0.397 e. The van der Waals surface area contributed by atoms with E-state index in [0.717, 1.165) is 18.2 Å². The lowest BCUT2D eigenvalue weighted by Crippen LogP contribution is -2.26. The Morgan fingerprint density at radius 3 is 2.00 bits per heavy atom. The van der Waals surface area contributed by atoms with Gasteiger partial charge in [0.05, 0.1) is 21.1 Å². The van der Waals surface area contributed by atoms with Gasteiger partial charge in [-0.05, 0) is 6.07 Å². The molecule has 14 heteroatoms. The molecule has 0 atom stereocenters. The summed E-state index contributed by atoms with van der Waals surface area (Å²) in [5.41, 5.74) is 0.0377. The van der Waals surface area contributed by atoms with Crippen molar-refractivity contribution in [3.05, 3.63) is 66.7 Å². The Bertz CT molecular complexity index is 1210. The maximum atomic E-state index is 12.8. The van der Waals surface area contributed by atoms with Crippen LogP contribution in [0.4, 0.5) is 17.1 Å². The number of nitrogens with zero attached hydrogens (tertiary/aromatic N) is 2. The van der Waals surface area contributed by atoms with Gasteiger partial charge in [0.1, 0.15) is 16.0 Å². The Balaban J connectivity index is 0.00000280. The molecule has 0 amide bonds. The highest BCUT2D eigenvalue weighted by Gasteiger charge is 2.43. The van der Waals surface area contributed by atoms with Crippen LogP contribution < -0.4 is 5.73 Å². The summed E-state index contributed by atoms with van der Waals surface area (Å²) in [5, 5.41) is 22.5. The fourth-order valence-electron chi connectivity index (χ4n) is 2.86. The molecule has 0 saturated heterocycles. The number of nitro groups is 2. The van der Waals surface area contributed by atoms with Crippen LogP contribution in [0, 0.1) is 20.2 Å². The molecule has 0 aromatic heterocycles. The van der Waals surface area contributed by atoms with Crippen molar-refractivity contribution in [1.29, 1.82) is 0 Å². The van der Waals surface area contributed by atoms with E-state index in [1.165, 1.54) is 0 Å². The van der Waals surface area contributed by atoms with E-state index in [-0.39, 0.29) is 12.4 Å². The number of anilines is 1. The summed E-state index contributed by atoms with van der Waals surface area (Å²) >= 11 is 0. The summed E-state index contributed by atoms with van der Waals surface area (Å²) in [6.45, 7) is 0. The normalized spacial score (nSPS) is 12.6. The van der Waals surface area contributed by atoms with E-state index < -0.39 is 75.7 Å². The van der Waals surface area contributed by atoms with Gasteiger partial charge in [-0.3, -0.25) is 34.4 Å². The van der Waals surface area contributed by atoms with Gasteiger partial charge in [0.2, 0.25) is 5.78 Å². The smallest absolute Gasteiger partial charge is 0.296 e. The van der Waals surface area contributed by atoms with Crippen molar-refractivity contribution in [2.45, 2.75) is 4.90 Å². The second-order valence-corrected chi connectivity index (χ2v) is 6.79. The highest BCUT2D eigenvalue weighted by molar-refractivity contribution is 7.86. The van der Waals surface area contributed by atoms with E-state index in [1.807, 2.05) is 0 Å². The van der Waals surface area contributed by atoms with E-state index in [0.29, 0.717) is 6.07 Å². The third-order valence-corrected chi connectivity index (χ3v) is 4.84. The van der Waals surface area contributed by atoms with Gasteiger partial charge in [0, 0.05) is 17.7 Å². The number of ketones is 2. The fraction of sp³-hybridized carbons (Fsp3) is 0. The second kappa shape index (κ2) is 6.63. The Hall–Kier alpha value is -3.42. The number of nitrogen functional groups attached to an aromatic ring is 1. The van der Waals surface area contributed by atoms with Gasteiger partial charge in [-0.1, -0.05) is 6.07 Å². The average Bonchev–Trinajstić information content (AvgIpc) is 2.57.